The van der Waals surface area contributed by atoms with E-state index in [1.54, 1.807) is 16.9 Å². The van der Waals surface area contributed by atoms with Crippen LogP contribution in [0.25, 0.3) is 12.2 Å². The molecule has 0 unspecified atom stereocenters. The van der Waals surface area contributed by atoms with E-state index in [1.807, 2.05) is 36.4 Å². The molecule has 8 heteroatoms. The zero-order valence-corrected chi connectivity index (χ0v) is 17.7. The number of aliphatic carboxylic acids is 1. The summed E-state index contributed by atoms with van der Waals surface area (Å²) in [7, 11) is 0. The van der Waals surface area contributed by atoms with Gasteiger partial charge >= 0.3 is 5.97 Å². The predicted molar refractivity (Wildman–Crippen MR) is 119 cm³/mol. The monoisotopic (exact) mass is 440 g/mol. The van der Waals surface area contributed by atoms with Crippen LogP contribution in [-0.4, -0.2) is 27.0 Å². The molecule has 0 bridgehead atoms. The van der Waals surface area contributed by atoms with E-state index >= 15 is 0 Å². The van der Waals surface area contributed by atoms with Crippen LogP contribution >= 0.6 is 23.6 Å². The molecule has 0 atom stereocenters. The van der Waals surface area contributed by atoms with Crippen LogP contribution in [0.3, 0.4) is 0 Å². The summed E-state index contributed by atoms with van der Waals surface area (Å²) in [6.07, 6.45) is 7.83. The molecule has 0 saturated heterocycles. The second kappa shape index (κ2) is 8.81. The molecule has 154 valence electrons. The Morgan fingerprint density at radius 2 is 2.10 bits per heavy atom. The van der Waals surface area contributed by atoms with Crippen LogP contribution in [0.15, 0.2) is 39.7 Å². The number of rotatable bonds is 7. The van der Waals surface area contributed by atoms with Gasteiger partial charge in [0, 0.05) is 35.7 Å². The average molecular weight is 441 g/mol. The van der Waals surface area contributed by atoms with E-state index in [4.69, 9.17) is 21.7 Å². The number of carboxylic acids is 1. The molecular formula is C22H20N2O4S2. The number of carbonyl (C=O) groups is 1. The fourth-order valence-electron chi connectivity index (χ4n) is 3.29. The average Bonchev–Trinajstić information content (AvgIpc) is 3.43. The molecule has 0 fully saturated rings. The Bertz CT molecular complexity index is 1400. The zero-order chi connectivity index (χ0) is 21.1. The number of fused-ring (bicyclic) bond motifs is 1. The highest BCUT2D eigenvalue weighted by Gasteiger charge is 2.10. The normalized spacial score (nSPS) is 14.1. The predicted octanol–water partition coefficient (Wildman–Crippen LogP) is 3.83. The molecule has 2 N–H and O–H groups in total. The number of hydrogen-bond donors (Lipinski definition) is 2. The molecule has 1 aliphatic rings. The van der Waals surface area contributed by atoms with E-state index in [0.717, 1.165) is 34.4 Å². The minimum absolute atomic E-state index is 0.114. The summed E-state index contributed by atoms with van der Waals surface area (Å²) >= 11 is 6.70. The third-order valence-electron chi connectivity index (χ3n) is 4.85. The summed E-state index contributed by atoms with van der Waals surface area (Å²) in [5.41, 5.74) is 2.28. The Morgan fingerprint density at radius 1 is 1.23 bits per heavy atom. The van der Waals surface area contributed by atoms with E-state index < -0.39 is 5.97 Å². The van der Waals surface area contributed by atoms with E-state index in [2.05, 4.69) is 4.99 Å². The molecule has 2 aromatic heterocycles. The lowest BCUT2D eigenvalue weighted by Crippen LogP contribution is -1.99. The molecule has 3 aromatic rings. The zero-order valence-electron chi connectivity index (χ0n) is 16.1. The molecule has 1 aliphatic heterocycles. The first-order chi connectivity index (χ1) is 14.5. The number of aliphatic imine (C=N–C) groups is 1. The molecule has 1 aromatic carbocycles. The van der Waals surface area contributed by atoms with Crippen LogP contribution in [0.2, 0.25) is 0 Å². The first-order valence-corrected chi connectivity index (χ1v) is 10.8. The van der Waals surface area contributed by atoms with Gasteiger partial charge in [-0.1, -0.05) is 18.6 Å². The van der Waals surface area contributed by atoms with Crippen molar-refractivity contribution in [3.8, 4) is 5.88 Å². The van der Waals surface area contributed by atoms with E-state index in [9.17, 15) is 9.90 Å². The fourth-order valence-corrected chi connectivity index (χ4v) is 4.59. The van der Waals surface area contributed by atoms with Crippen molar-refractivity contribution in [3.05, 3.63) is 60.4 Å². The Labute approximate surface area is 181 Å². The maximum absolute atomic E-state index is 10.6. The summed E-state index contributed by atoms with van der Waals surface area (Å²) in [5, 5.41) is 21.3. The highest BCUT2D eigenvalue weighted by molar-refractivity contribution is 7.73. The minimum atomic E-state index is -0.786. The maximum atomic E-state index is 10.6. The van der Waals surface area contributed by atoms with Gasteiger partial charge in [0.05, 0.1) is 10.6 Å². The molecular weight excluding hydrogens is 420 g/mol. The Hall–Kier alpha value is -2.97. The lowest BCUT2D eigenvalue weighted by molar-refractivity contribution is -0.137. The van der Waals surface area contributed by atoms with Gasteiger partial charge in [0.15, 0.2) is 3.95 Å². The Morgan fingerprint density at radius 3 is 2.93 bits per heavy atom. The van der Waals surface area contributed by atoms with Crippen molar-refractivity contribution < 1.29 is 19.4 Å². The smallest absolute Gasteiger partial charge is 0.303 e. The number of furan rings is 1. The first kappa shape index (κ1) is 20.3. The van der Waals surface area contributed by atoms with Gasteiger partial charge in [-0.05, 0) is 49.3 Å². The molecule has 0 spiro atoms. The Balaban J connectivity index is 1.57. The third-order valence-corrected chi connectivity index (χ3v) is 6.23. The molecule has 6 nitrogen and oxygen atoms in total. The molecule has 30 heavy (non-hydrogen) atoms. The van der Waals surface area contributed by atoms with Crippen LogP contribution in [0, 0.1) is 14.6 Å². The van der Waals surface area contributed by atoms with E-state index in [0.29, 0.717) is 27.2 Å². The SMILES string of the molecule is O=C(O)CCCCCn1c(O)c(/C=c2\cc/c(=c3\ccc4c(c3)N=CC=4)o2)sc1=S. The highest BCUT2D eigenvalue weighted by atomic mass is 32.1. The van der Waals surface area contributed by atoms with Gasteiger partial charge in [-0.25, -0.2) is 0 Å². The second-order valence-corrected chi connectivity index (χ2v) is 8.65. The van der Waals surface area contributed by atoms with E-state index in [1.165, 1.54) is 11.3 Å². The number of unbranched alkanes of at least 4 members (excludes halogenated alkanes) is 2. The highest BCUT2D eigenvalue weighted by Crippen LogP contribution is 2.27. The van der Waals surface area contributed by atoms with Crippen molar-refractivity contribution in [3.63, 3.8) is 0 Å². The summed E-state index contributed by atoms with van der Waals surface area (Å²) in [6, 6.07) is 9.74. The topological polar surface area (TPSA) is 88.0 Å². The first-order valence-electron chi connectivity index (χ1n) is 9.62. The van der Waals surface area contributed by atoms with Crippen molar-refractivity contribution in [2.75, 3.05) is 0 Å². The molecule has 0 amide bonds. The number of aromatic nitrogens is 1. The van der Waals surface area contributed by atoms with Crippen molar-refractivity contribution >= 4 is 53.6 Å². The molecule has 4 rings (SSSR count). The van der Waals surface area contributed by atoms with Crippen LogP contribution in [-0.2, 0) is 11.3 Å². The van der Waals surface area contributed by atoms with Gasteiger partial charge < -0.3 is 14.6 Å². The van der Waals surface area contributed by atoms with Crippen LogP contribution in [0.5, 0.6) is 5.88 Å². The van der Waals surface area contributed by atoms with Crippen molar-refractivity contribution in [2.45, 2.75) is 32.2 Å². The van der Waals surface area contributed by atoms with E-state index in [-0.39, 0.29) is 12.3 Å². The summed E-state index contributed by atoms with van der Waals surface area (Å²) in [5.74, 6) is -0.672. The summed E-state index contributed by atoms with van der Waals surface area (Å²) in [4.78, 5) is 15.5. The molecule has 0 aliphatic carbocycles. The number of aromatic hydroxyl groups is 1. The van der Waals surface area contributed by atoms with Crippen LogP contribution < -0.4 is 10.6 Å². The number of carboxylic acid groups (broad SMARTS) is 1. The van der Waals surface area contributed by atoms with Crippen molar-refractivity contribution in [1.29, 1.82) is 0 Å². The third kappa shape index (κ3) is 4.44. The van der Waals surface area contributed by atoms with Crippen LogP contribution in [0.1, 0.15) is 30.6 Å². The fraction of sp³-hybridized carbons (Fsp3) is 0.227. The second-order valence-electron chi connectivity index (χ2n) is 6.98. The number of thiazole rings is 1. The maximum Gasteiger partial charge on any atom is 0.303 e. The molecule has 0 radical (unpaired) electrons. The number of hydrogen-bond acceptors (Lipinski definition) is 6. The standard InChI is InChI=1S/C22H20N2O4S2/c25-20(26)4-2-1-3-11-24-21(27)19(30-22(24)29)13-16-7-8-18(28-16)15-6-5-14-9-10-23-17(14)12-15/h5-10,12-13,27H,1-4,11H2,(H,25,26)/b16-13+,18-15-. The quantitative estimate of drug-likeness (QED) is 0.431. The van der Waals surface area contributed by atoms with Crippen molar-refractivity contribution in [1.82, 2.24) is 4.57 Å². The van der Waals surface area contributed by atoms with Gasteiger partial charge in [-0.2, -0.15) is 0 Å². The number of benzene rings is 1. The van der Waals surface area contributed by atoms with Gasteiger partial charge in [0.25, 0.3) is 0 Å². The van der Waals surface area contributed by atoms with Crippen molar-refractivity contribution in [2.24, 2.45) is 4.99 Å². The van der Waals surface area contributed by atoms with Gasteiger partial charge in [0.1, 0.15) is 10.8 Å². The molecule has 0 saturated carbocycles. The van der Waals surface area contributed by atoms with Crippen LogP contribution in [0.4, 0.5) is 5.69 Å². The largest absolute Gasteiger partial charge is 0.493 e. The number of nitrogens with zero attached hydrogens (tertiary/aromatic N) is 2. The molecule has 3 heterocycles. The van der Waals surface area contributed by atoms with Gasteiger partial charge in [-0.15, -0.1) is 11.3 Å². The Kier molecular flexibility index (Phi) is 5.96. The van der Waals surface area contributed by atoms with Gasteiger partial charge in [-0.3, -0.25) is 14.4 Å². The lowest BCUT2D eigenvalue weighted by Gasteiger charge is -2.04. The lowest BCUT2D eigenvalue weighted by atomic mass is 10.2. The minimum Gasteiger partial charge on any atom is -0.493 e. The summed E-state index contributed by atoms with van der Waals surface area (Å²) < 4.78 is 8.22. The van der Waals surface area contributed by atoms with Gasteiger partial charge in [0.2, 0.25) is 5.88 Å². The summed E-state index contributed by atoms with van der Waals surface area (Å²) in [6.45, 7) is 0.560.